The number of hydrogen-bond acceptors (Lipinski definition) is 4. The summed E-state index contributed by atoms with van der Waals surface area (Å²) < 4.78 is 83.2. The highest BCUT2D eigenvalue weighted by atomic mass is 19.4. The normalized spacial score (nSPS) is 22.2. The van der Waals surface area contributed by atoms with Crippen molar-refractivity contribution in [2.24, 2.45) is 0 Å². The second-order valence-corrected chi connectivity index (χ2v) is 5.68. The maximum absolute atomic E-state index is 13.3. The minimum atomic E-state index is -5.13. The fraction of sp³-hybridized carbons (Fsp3) is 0.467. The minimum Gasteiger partial charge on any atom is -0.444 e. The molecule has 1 saturated heterocycles. The zero-order chi connectivity index (χ0) is 20.0. The number of aliphatic hydroxyl groups is 1. The summed E-state index contributed by atoms with van der Waals surface area (Å²) in [5.74, 6) is 0. The van der Waals surface area contributed by atoms with Gasteiger partial charge in [-0.05, 0) is 31.5 Å². The first-order valence-electron chi connectivity index (χ1n) is 7.16. The lowest BCUT2D eigenvalue weighted by Gasteiger charge is -2.30. The number of ether oxygens (including phenoxy) is 1. The molecule has 0 radical (unpaired) electrons. The zero-order valence-corrected chi connectivity index (χ0v) is 13.3. The van der Waals surface area contributed by atoms with Crippen LogP contribution >= 0.6 is 0 Å². The lowest BCUT2D eigenvalue weighted by molar-refractivity contribution is -0.212. The van der Waals surface area contributed by atoms with Gasteiger partial charge in [0, 0.05) is 0 Å². The van der Waals surface area contributed by atoms with E-state index in [-0.39, 0.29) is 0 Å². The molecule has 1 aromatic carbocycles. The molecular weight excluding hydrogens is 370 g/mol. The van der Waals surface area contributed by atoms with Gasteiger partial charge in [-0.15, -0.1) is 0 Å². The van der Waals surface area contributed by atoms with Crippen molar-refractivity contribution < 1.29 is 41.0 Å². The maximum atomic E-state index is 13.3. The number of anilines is 1. The van der Waals surface area contributed by atoms with Gasteiger partial charge in [-0.1, -0.05) is 0 Å². The monoisotopic (exact) mass is 382 g/mol. The number of rotatable bonds is 2. The van der Waals surface area contributed by atoms with E-state index in [4.69, 9.17) is 5.26 Å². The molecule has 1 amide bonds. The largest absolute Gasteiger partial charge is 0.444 e. The molecule has 11 heteroatoms. The van der Waals surface area contributed by atoms with Crippen molar-refractivity contribution in [2.45, 2.75) is 44.4 Å². The molecule has 2 rings (SSSR count). The van der Waals surface area contributed by atoms with Crippen molar-refractivity contribution in [1.82, 2.24) is 0 Å². The van der Waals surface area contributed by atoms with Crippen LogP contribution in [-0.2, 0) is 10.9 Å². The summed E-state index contributed by atoms with van der Waals surface area (Å²) in [7, 11) is 0. The second kappa shape index (κ2) is 6.35. The minimum absolute atomic E-state index is 0.342. The highest BCUT2D eigenvalue weighted by Crippen LogP contribution is 2.41. The molecule has 1 N–H and O–H groups in total. The van der Waals surface area contributed by atoms with E-state index in [1.807, 2.05) is 0 Å². The van der Waals surface area contributed by atoms with Crippen LogP contribution in [0.5, 0.6) is 0 Å². The summed E-state index contributed by atoms with van der Waals surface area (Å²) in [6.45, 7) is 2.01. The number of amides is 1. The predicted octanol–water partition coefficient (Wildman–Crippen LogP) is 3.52. The number of carbonyl (C=O) groups excluding carboxylic acids is 1. The Kier molecular flexibility index (Phi) is 4.85. The Morgan fingerprint density at radius 3 is 2.31 bits per heavy atom. The van der Waals surface area contributed by atoms with Gasteiger partial charge < -0.3 is 9.84 Å². The van der Waals surface area contributed by atoms with Crippen LogP contribution in [0.2, 0.25) is 0 Å². The number of nitriles is 1. The third kappa shape index (κ3) is 3.29. The molecule has 1 aromatic rings. The molecule has 1 heterocycles. The highest BCUT2D eigenvalue weighted by molar-refractivity contribution is 5.92. The maximum Gasteiger partial charge on any atom is 0.418 e. The van der Waals surface area contributed by atoms with Crippen molar-refractivity contribution in [1.29, 1.82) is 5.26 Å². The first-order valence-corrected chi connectivity index (χ1v) is 7.16. The van der Waals surface area contributed by atoms with Gasteiger partial charge >= 0.3 is 18.4 Å². The van der Waals surface area contributed by atoms with Gasteiger partial charge in [0.1, 0.15) is 12.1 Å². The van der Waals surface area contributed by atoms with Crippen molar-refractivity contribution in [2.75, 3.05) is 4.90 Å². The number of hydrogen-bond donors (Lipinski definition) is 1. The van der Waals surface area contributed by atoms with Crippen LogP contribution in [0.25, 0.3) is 0 Å². The number of nitrogens with zero attached hydrogens (tertiary/aromatic N) is 2. The second-order valence-electron chi connectivity index (χ2n) is 5.68. The van der Waals surface area contributed by atoms with Gasteiger partial charge in [-0.2, -0.15) is 31.6 Å². The van der Waals surface area contributed by atoms with E-state index in [1.54, 1.807) is 0 Å². The van der Waals surface area contributed by atoms with E-state index in [0.29, 0.717) is 4.90 Å². The van der Waals surface area contributed by atoms with E-state index >= 15 is 0 Å². The quantitative estimate of drug-likeness (QED) is 0.795. The Morgan fingerprint density at radius 1 is 1.27 bits per heavy atom. The van der Waals surface area contributed by atoms with Crippen molar-refractivity contribution in [3.8, 4) is 6.07 Å². The number of halogens is 6. The van der Waals surface area contributed by atoms with Gasteiger partial charge in [0.05, 0.1) is 22.9 Å². The summed E-state index contributed by atoms with van der Waals surface area (Å²) >= 11 is 0. The van der Waals surface area contributed by atoms with E-state index in [1.165, 1.54) is 6.07 Å². The third-order valence-corrected chi connectivity index (χ3v) is 4.02. The predicted molar refractivity (Wildman–Crippen MR) is 75.2 cm³/mol. The first-order chi connectivity index (χ1) is 11.8. The number of benzene rings is 1. The average Bonchev–Trinajstić information content (AvgIpc) is 2.77. The van der Waals surface area contributed by atoms with Crippen LogP contribution in [0.3, 0.4) is 0 Å². The zero-order valence-electron chi connectivity index (χ0n) is 13.3. The fourth-order valence-corrected chi connectivity index (χ4v) is 2.89. The summed E-state index contributed by atoms with van der Waals surface area (Å²) in [6.07, 6.45) is -15.9. The lowest BCUT2D eigenvalue weighted by Crippen LogP contribution is -2.51. The Labute approximate surface area is 143 Å². The van der Waals surface area contributed by atoms with E-state index in [2.05, 4.69) is 4.74 Å². The topological polar surface area (TPSA) is 73.6 Å². The Balaban J connectivity index is 2.66. The van der Waals surface area contributed by atoms with E-state index < -0.39 is 59.1 Å². The molecular formula is C15H12F6N2O3. The fourth-order valence-electron chi connectivity index (χ4n) is 2.89. The Bertz CT molecular complexity index is 768. The Morgan fingerprint density at radius 2 is 1.85 bits per heavy atom. The van der Waals surface area contributed by atoms with Crippen LogP contribution in [0, 0.1) is 18.3 Å². The van der Waals surface area contributed by atoms with Crippen LogP contribution < -0.4 is 4.90 Å². The molecule has 26 heavy (non-hydrogen) atoms. The highest BCUT2D eigenvalue weighted by Gasteiger charge is 2.54. The molecule has 0 unspecified atom stereocenters. The first kappa shape index (κ1) is 19.8. The SMILES string of the molecule is Cc1c(N2C(=O)O[C@H](C)[C@@H]2[C@H](O)C(F)(F)F)ccc(C#N)c1C(F)(F)F. The van der Waals surface area contributed by atoms with Crippen molar-refractivity contribution in [3.05, 3.63) is 28.8 Å². The molecule has 1 aliphatic heterocycles. The van der Waals surface area contributed by atoms with Crippen molar-refractivity contribution >= 4 is 11.8 Å². The van der Waals surface area contributed by atoms with Crippen molar-refractivity contribution in [3.63, 3.8) is 0 Å². The van der Waals surface area contributed by atoms with Gasteiger partial charge in [0.15, 0.2) is 6.10 Å². The molecule has 3 atom stereocenters. The van der Waals surface area contributed by atoms with Crippen LogP contribution in [0.4, 0.5) is 36.8 Å². The van der Waals surface area contributed by atoms with Gasteiger partial charge in [-0.3, -0.25) is 4.90 Å². The van der Waals surface area contributed by atoms with Gasteiger partial charge in [0.2, 0.25) is 0 Å². The third-order valence-electron chi connectivity index (χ3n) is 4.02. The molecule has 0 spiro atoms. The summed E-state index contributed by atoms with van der Waals surface area (Å²) in [5, 5.41) is 18.4. The molecule has 5 nitrogen and oxygen atoms in total. The number of cyclic esters (lactones) is 1. The summed E-state index contributed by atoms with van der Waals surface area (Å²) in [6, 6.07) is 1.04. The van der Waals surface area contributed by atoms with Gasteiger partial charge in [-0.25, -0.2) is 4.79 Å². The van der Waals surface area contributed by atoms with E-state index in [0.717, 1.165) is 26.0 Å². The Hall–Kier alpha value is -2.48. The summed E-state index contributed by atoms with van der Waals surface area (Å²) in [5.41, 5.74) is -3.27. The van der Waals surface area contributed by atoms with Crippen LogP contribution in [0.1, 0.15) is 23.6 Å². The number of aliphatic hydroxyl groups excluding tert-OH is 1. The smallest absolute Gasteiger partial charge is 0.418 e. The van der Waals surface area contributed by atoms with Gasteiger partial charge in [0.25, 0.3) is 0 Å². The molecule has 0 bridgehead atoms. The average molecular weight is 382 g/mol. The molecule has 0 aliphatic carbocycles. The molecule has 1 aliphatic rings. The van der Waals surface area contributed by atoms with E-state index in [9.17, 15) is 36.2 Å². The van der Waals surface area contributed by atoms with Crippen LogP contribution in [-0.4, -0.2) is 35.6 Å². The lowest BCUT2D eigenvalue weighted by atomic mass is 9.97. The molecule has 142 valence electrons. The number of carbonyl (C=O) groups is 1. The summed E-state index contributed by atoms with van der Waals surface area (Å²) in [4.78, 5) is 12.3. The molecule has 1 fully saturated rings. The number of alkyl halides is 6. The van der Waals surface area contributed by atoms with Crippen LogP contribution in [0.15, 0.2) is 12.1 Å². The molecule has 0 saturated carbocycles. The molecule has 0 aromatic heterocycles. The standard InChI is InChI=1S/C15H12F6N2O3/c1-6-9(4-3-8(5-22)10(6)14(16,17)18)23-11(7(2)26-13(23)25)12(24)15(19,20)21/h3-4,7,11-12,24H,1-2H3/t7-,11-,12+/m1/s1.